The Bertz CT molecular complexity index is 548. The summed E-state index contributed by atoms with van der Waals surface area (Å²) in [7, 11) is 0. The Balaban J connectivity index is 2.46. The monoisotopic (exact) mass is 284 g/mol. The van der Waals surface area contributed by atoms with Crippen molar-refractivity contribution in [3.63, 3.8) is 0 Å². The van der Waals surface area contributed by atoms with Crippen molar-refractivity contribution in [2.24, 2.45) is 0 Å². The van der Waals surface area contributed by atoms with Gasteiger partial charge in [0.05, 0.1) is 0 Å². The van der Waals surface area contributed by atoms with E-state index in [1.54, 1.807) is 0 Å². The number of carboxylic acids is 1. The minimum atomic E-state index is -1.13. The smallest absolute Gasteiger partial charge is 0.371 e. The molecule has 16 heavy (non-hydrogen) atoms. The zero-order valence-electron chi connectivity index (χ0n) is 7.91. The van der Waals surface area contributed by atoms with Crippen molar-refractivity contribution in [2.45, 2.75) is 0 Å². The molecule has 2 rings (SSSR count). The van der Waals surface area contributed by atoms with Gasteiger partial charge < -0.3 is 9.52 Å². The van der Waals surface area contributed by atoms with Crippen LogP contribution >= 0.6 is 15.9 Å². The first-order valence-electron chi connectivity index (χ1n) is 4.36. The zero-order valence-corrected chi connectivity index (χ0v) is 9.49. The molecule has 82 valence electrons. The van der Waals surface area contributed by atoms with Gasteiger partial charge in [-0.25, -0.2) is 9.18 Å². The van der Waals surface area contributed by atoms with E-state index in [4.69, 9.17) is 9.52 Å². The Kier molecular flexibility index (Phi) is 2.78. The van der Waals surface area contributed by atoms with Crippen LogP contribution in [0.25, 0.3) is 11.3 Å². The zero-order chi connectivity index (χ0) is 11.7. The number of hydrogen-bond donors (Lipinski definition) is 1. The summed E-state index contributed by atoms with van der Waals surface area (Å²) in [6, 6.07) is 6.97. The maximum Gasteiger partial charge on any atom is 0.371 e. The molecular formula is C11H6BrFO3. The molecular weight excluding hydrogens is 279 g/mol. The first kappa shape index (κ1) is 10.9. The van der Waals surface area contributed by atoms with E-state index in [0.29, 0.717) is 15.8 Å². The number of carboxylic acid groups (broad SMARTS) is 1. The molecule has 0 spiro atoms. The lowest BCUT2D eigenvalue weighted by atomic mass is 10.2. The summed E-state index contributed by atoms with van der Waals surface area (Å²) in [5, 5.41) is 8.69. The van der Waals surface area contributed by atoms with Gasteiger partial charge in [0.2, 0.25) is 5.76 Å². The lowest BCUT2D eigenvalue weighted by Crippen LogP contribution is -1.91. The molecule has 0 radical (unpaired) electrons. The summed E-state index contributed by atoms with van der Waals surface area (Å²) in [6.45, 7) is 0. The van der Waals surface area contributed by atoms with Crippen LogP contribution in [0.2, 0.25) is 0 Å². The van der Waals surface area contributed by atoms with Crippen molar-refractivity contribution in [3.05, 3.63) is 46.4 Å². The molecule has 0 aliphatic heterocycles. The molecule has 0 saturated heterocycles. The molecule has 3 nitrogen and oxygen atoms in total. The van der Waals surface area contributed by atoms with Gasteiger partial charge in [-0.3, -0.25) is 0 Å². The average Bonchev–Trinajstić information content (AvgIpc) is 2.66. The Morgan fingerprint density at radius 3 is 2.62 bits per heavy atom. The van der Waals surface area contributed by atoms with Crippen LogP contribution in [0.15, 0.2) is 39.2 Å². The highest BCUT2D eigenvalue weighted by atomic mass is 79.9. The van der Waals surface area contributed by atoms with Crippen LogP contribution < -0.4 is 0 Å². The van der Waals surface area contributed by atoms with E-state index >= 15 is 0 Å². The van der Waals surface area contributed by atoms with Gasteiger partial charge in [0, 0.05) is 10.0 Å². The van der Waals surface area contributed by atoms with E-state index < -0.39 is 5.97 Å². The van der Waals surface area contributed by atoms with Gasteiger partial charge in [0.25, 0.3) is 0 Å². The fourth-order valence-corrected chi connectivity index (χ4v) is 1.83. The molecule has 2 aromatic rings. The third-order valence-electron chi connectivity index (χ3n) is 2.01. The van der Waals surface area contributed by atoms with Crippen LogP contribution in [-0.4, -0.2) is 11.1 Å². The first-order chi connectivity index (χ1) is 7.58. The number of furan rings is 1. The number of benzene rings is 1. The maximum atomic E-state index is 12.8. The van der Waals surface area contributed by atoms with Crippen molar-refractivity contribution in [1.82, 2.24) is 0 Å². The Labute approximate surface area is 98.6 Å². The van der Waals surface area contributed by atoms with Crippen LogP contribution in [0.5, 0.6) is 0 Å². The fraction of sp³-hybridized carbons (Fsp3) is 0. The summed E-state index contributed by atoms with van der Waals surface area (Å²) >= 11 is 3.18. The van der Waals surface area contributed by atoms with Gasteiger partial charge in [-0.05, 0) is 46.3 Å². The van der Waals surface area contributed by atoms with Gasteiger partial charge in [-0.2, -0.15) is 0 Å². The quantitative estimate of drug-likeness (QED) is 0.918. The molecule has 0 aliphatic rings. The summed E-state index contributed by atoms with van der Waals surface area (Å²) in [4.78, 5) is 10.6. The molecule has 0 bridgehead atoms. The number of carbonyl (C=O) groups is 1. The molecule has 0 atom stereocenters. The third-order valence-corrected chi connectivity index (χ3v) is 2.67. The number of hydrogen-bond acceptors (Lipinski definition) is 2. The van der Waals surface area contributed by atoms with Crippen LogP contribution in [0.4, 0.5) is 4.39 Å². The minimum Gasteiger partial charge on any atom is -0.475 e. The Hall–Kier alpha value is -1.62. The lowest BCUT2D eigenvalue weighted by Gasteiger charge is -2.00. The highest BCUT2D eigenvalue weighted by Crippen LogP contribution is 2.30. The highest BCUT2D eigenvalue weighted by molar-refractivity contribution is 9.10. The molecule has 1 aromatic carbocycles. The Morgan fingerprint density at radius 1 is 1.31 bits per heavy atom. The van der Waals surface area contributed by atoms with Gasteiger partial charge >= 0.3 is 5.97 Å². The normalized spacial score (nSPS) is 10.4. The van der Waals surface area contributed by atoms with Crippen molar-refractivity contribution in [2.75, 3.05) is 0 Å². The van der Waals surface area contributed by atoms with Crippen LogP contribution in [0, 0.1) is 5.82 Å². The molecule has 1 heterocycles. The molecule has 0 amide bonds. The van der Waals surface area contributed by atoms with E-state index in [9.17, 15) is 9.18 Å². The fourth-order valence-electron chi connectivity index (χ4n) is 1.29. The number of rotatable bonds is 2. The van der Waals surface area contributed by atoms with Gasteiger partial charge in [0.1, 0.15) is 11.6 Å². The second-order valence-corrected chi connectivity index (χ2v) is 3.95. The highest BCUT2D eigenvalue weighted by Gasteiger charge is 2.12. The van der Waals surface area contributed by atoms with Crippen molar-refractivity contribution in [3.8, 4) is 11.3 Å². The standard InChI is InChI=1S/C11H6BrFO3/c12-8-5-6(13)1-2-7(8)9-3-4-10(16-9)11(14)15/h1-5H,(H,14,15). The van der Waals surface area contributed by atoms with Gasteiger partial charge in [-0.1, -0.05) is 0 Å². The third kappa shape index (κ3) is 1.99. The van der Waals surface area contributed by atoms with E-state index in [2.05, 4.69) is 15.9 Å². The van der Waals surface area contributed by atoms with E-state index in [-0.39, 0.29) is 11.6 Å². The SMILES string of the molecule is O=C(O)c1ccc(-c2ccc(F)cc2Br)o1. The minimum absolute atomic E-state index is 0.147. The molecule has 1 aromatic heterocycles. The Morgan fingerprint density at radius 2 is 2.06 bits per heavy atom. The molecule has 0 unspecified atom stereocenters. The van der Waals surface area contributed by atoms with E-state index in [1.807, 2.05) is 0 Å². The second kappa shape index (κ2) is 4.09. The molecule has 1 N–H and O–H groups in total. The van der Waals surface area contributed by atoms with Crippen LogP contribution in [-0.2, 0) is 0 Å². The molecule has 0 aliphatic carbocycles. The van der Waals surface area contributed by atoms with Gasteiger partial charge in [-0.15, -0.1) is 0 Å². The predicted octanol–water partition coefficient (Wildman–Crippen LogP) is 3.55. The van der Waals surface area contributed by atoms with Crippen molar-refractivity contribution in [1.29, 1.82) is 0 Å². The van der Waals surface area contributed by atoms with Crippen LogP contribution in [0.1, 0.15) is 10.6 Å². The summed E-state index contributed by atoms with van der Waals surface area (Å²) in [5.74, 6) is -1.28. The maximum absolute atomic E-state index is 12.8. The topological polar surface area (TPSA) is 50.4 Å². The number of halogens is 2. The largest absolute Gasteiger partial charge is 0.475 e. The lowest BCUT2D eigenvalue weighted by molar-refractivity contribution is 0.0663. The van der Waals surface area contributed by atoms with E-state index in [0.717, 1.165) is 0 Å². The predicted molar refractivity (Wildman–Crippen MR) is 58.8 cm³/mol. The number of aromatic carboxylic acids is 1. The first-order valence-corrected chi connectivity index (χ1v) is 5.16. The van der Waals surface area contributed by atoms with Crippen LogP contribution in [0.3, 0.4) is 0 Å². The van der Waals surface area contributed by atoms with Crippen molar-refractivity contribution < 1.29 is 18.7 Å². The molecule has 0 fully saturated rings. The second-order valence-electron chi connectivity index (χ2n) is 3.09. The summed E-state index contributed by atoms with van der Waals surface area (Å²) in [5.41, 5.74) is 0.605. The van der Waals surface area contributed by atoms with Crippen molar-refractivity contribution >= 4 is 21.9 Å². The molecule has 0 saturated carbocycles. The van der Waals surface area contributed by atoms with Gasteiger partial charge in [0.15, 0.2) is 0 Å². The van der Waals surface area contributed by atoms with E-state index in [1.165, 1.54) is 30.3 Å². The summed E-state index contributed by atoms with van der Waals surface area (Å²) < 4.78 is 18.5. The summed E-state index contributed by atoms with van der Waals surface area (Å²) in [6.07, 6.45) is 0. The molecule has 5 heteroatoms. The average molecular weight is 285 g/mol.